The Labute approximate surface area is 97.6 Å². The lowest BCUT2D eigenvalue weighted by molar-refractivity contribution is -0.123. The van der Waals surface area contributed by atoms with E-state index < -0.39 is 0 Å². The maximum atomic E-state index is 11.6. The lowest BCUT2D eigenvalue weighted by atomic mass is 9.92. The van der Waals surface area contributed by atoms with E-state index in [9.17, 15) is 9.90 Å². The molecule has 3 atom stereocenters. The number of carbonyl (C=O) groups excluding carboxylic acids is 1. The second kappa shape index (κ2) is 6.86. The maximum absolute atomic E-state index is 11.6. The summed E-state index contributed by atoms with van der Waals surface area (Å²) in [4.78, 5) is 11.6. The van der Waals surface area contributed by atoms with Crippen LogP contribution in [-0.2, 0) is 4.79 Å². The molecule has 0 radical (unpaired) electrons. The van der Waals surface area contributed by atoms with Gasteiger partial charge in [0.2, 0.25) is 5.91 Å². The minimum atomic E-state index is -0.375. The van der Waals surface area contributed by atoms with Crippen LogP contribution >= 0.6 is 0 Å². The minimum absolute atomic E-state index is 0.0214. The van der Waals surface area contributed by atoms with Gasteiger partial charge in [-0.2, -0.15) is 0 Å². The van der Waals surface area contributed by atoms with Crippen molar-refractivity contribution in [1.29, 1.82) is 0 Å². The number of hydrogen-bond acceptors (Lipinski definition) is 3. The predicted molar refractivity (Wildman–Crippen MR) is 63.9 cm³/mol. The molecular formula is C12H24N2O2. The van der Waals surface area contributed by atoms with E-state index in [0.29, 0.717) is 6.42 Å². The second-order valence-electron chi connectivity index (χ2n) is 4.78. The molecule has 0 saturated heterocycles. The second-order valence-corrected chi connectivity index (χ2v) is 4.78. The zero-order chi connectivity index (χ0) is 12.0. The van der Waals surface area contributed by atoms with Crippen LogP contribution in [-0.4, -0.2) is 29.2 Å². The molecule has 0 aromatic rings. The highest BCUT2D eigenvalue weighted by molar-refractivity contribution is 5.76. The molecule has 1 rings (SSSR count). The Kier molecular flexibility index (Phi) is 5.77. The Morgan fingerprint density at radius 2 is 2.19 bits per heavy atom. The molecule has 0 heterocycles. The average Bonchev–Trinajstić information content (AvgIpc) is 2.21. The normalized spacial score (nSPS) is 27.4. The van der Waals surface area contributed by atoms with Crippen molar-refractivity contribution in [3.8, 4) is 0 Å². The van der Waals surface area contributed by atoms with Crippen molar-refractivity contribution in [3.05, 3.63) is 0 Å². The van der Waals surface area contributed by atoms with Crippen LogP contribution in [0.15, 0.2) is 0 Å². The number of rotatable bonds is 5. The molecule has 4 nitrogen and oxygen atoms in total. The number of amides is 1. The summed E-state index contributed by atoms with van der Waals surface area (Å²) >= 11 is 0. The van der Waals surface area contributed by atoms with E-state index in [2.05, 4.69) is 12.2 Å². The number of nitrogens with one attached hydrogen (secondary N) is 1. The van der Waals surface area contributed by atoms with E-state index in [4.69, 9.17) is 5.73 Å². The molecule has 1 fully saturated rings. The molecule has 0 spiro atoms. The van der Waals surface area contributed by atoms with Gasteiger partial charge >= 0.3 is 0 Å². The van der Waals surface area contributed by atoms with E-state index in [1.54, 1.807) is 0 Å². The van der Waals surface area contributed by atoms with Crippen molar-refractivity contribution in [2.24, 2.45) is 5.73 Å². The summed E-state index contributed by atoms with van der Waals surface area (Å²) < 4.78 is 0. The zero-order valence-electron chi connectivity index (χ0n) is 10.1. The monoisotopic (exact) mass is 228 g/mol. The van der Waals surface area contributed by atoms with Gasteiger partial charge in [0, 0.05) is 12.5 Å². The van der Waals surface area contributed by atoms with Crippen LogP contribution < -0.4 is 11.1 Å². The Hall–Kier alpha value is -0.610. The molecule has 0 bridgehead atoms. The molecule has 1 unspecified atom stereocenters. The van der Waals surface area contributed by atoms with Crippen LogP contribution in [0.5, 0.6) is 0 Å². The largest absolute Gasteiger partial charge is 0.391 e. The van der Waals surface area contributed by atoms with E-state index >= 15 is 0 Å². The molecule has 1 amide bonds. The van der Waals surface area contributed by atoms with E-state index in [0.717, 1.165) is 38.5 Å². The van der Waals surface area contributed by atoms with Crippen LogP contribution in [0.4, 0.5) is 0 Å². The first-order chi connectivity index (χ1) is 7.63. The number of carbonyl (C=O) groups is 1. The molecule has 4 N–H and O–H groups in total. The molecule has 0 aromatic heterocycles. The smallest absolute Gasteiger partial charge is 0.221 e. The van der Waals surface area contributed by atoms with Crippen molar-refractivity contribution in [1.82, 2.24) is 5.32 Å². The van der Waals surface area contributed by atoms with Crippen molar-refractivity contribution in [2.75, 3.05) is 0 Å². The number of aliphatic hydroxyl groups excluding tert-OH is 1. The number of aliphatic hydroxyl groups is 1. The molecule has 1 saturated carbocycles. The van der Waals surface area contributed by atoms with Crippen LogP contribution in [0.25, 0.3) is 0 Å². The summed E-state index contributed by atoms with van der Waals surface area (Å²) in [6.07, 6.45) is 5.70. The topological polar surface area (TPSA) is 75.4 Å². The fraction of sp³-hybridized carbons (Fsp3) is 0.917. The highest BCUT2D eigenvalue weighted by Gasteiger charge is 2.24. The zero-order valence-corrected chi connectivity index (χ0v) is 10.1. The Bertz CT molecular complexity index is 221. The van der Waals surface area contributed by atoms with Crippen LogP contribution in [0, 0.1) is 0 Å². The Morgan fingerprint density at radius 1 is 1.50 bits per heavy atom. The predicted octanol–water partition coefficient (Wildman–Crippen LogP) is 0.924. The van der Waals surface area contributed by atoms with E-state index in [-0.39, 0.29) is 24.1 Å². The third-order valence-corrected chi connectivity index (χ3v) is 3.18. The lowest BCUT2D eigenvalue weighted by Crippen LogP contribution is -2.46. The third-order valence-electron chi connectivity index (χ3n) is 3.18. The summed E-state index contributed by atoms with van der Waals surface area (Å²) in [5, 5.41) is 12.6. The quantitative estimate of drug-likeness (QED) is 0.655. The molecular weight excluding hydrogens is 204 g/mol. The molecule has 0 aromatic carbocycles. The van der Waals surface area contributed by atoms with Gasteiger partial charge < -0.3 is 16.2 Å². The van der Waals surface area contributed by atoms with Crippen LogP contribution in [0.1, 0.15) is 51.9 Å². The molecule has 0 aliphatic heterocycles. The van der Waals surface area contributed by atoms with Gasteiger partial charge in [0.25, 0.3) is 0 Å². The van der Waals surface area contributed by atoms with Crippen LogP contribution in [0.3, 0.4) is 0 Å². The van der Waals surface area contributed by atoms with Crippen molar-refractivity contribution < 1.29 is 9.90 Å². The molecule has 1 aliphatic rings. The SMILES string of the molecule is CCCC(N)CC(=O)N[C@@H]1CCCC[C@H]1O. The highest BCUT2D eigenvalue weighted by Crippen LogP contribution is 2.18. The van der Waals surface area contributed by atoms with Gasteiger partial charge in [0.05, 0.1) is 12.1 Å². The lowest BCUT2D eigenvalue weighted by Gasteiger charge is -2.28. The van der Waals surface area contributed by atoms with Gasteiger partial charge in [-0.3, -0.25) is 4.79 Å². The number of hydrogen-bond donors (Lipinski definition) is 3. The first-order valence-corrected chi connectivity index (χ1v) is 6.36. The van der Waals surface area contributed by atoms with Crippen LogP contribution in [0.2, 0.25) is 0 Å². The standard InChI is InChI=1S/C12H24N2O2/c1-2-5-9(13)8-12(16)14-10-6-3-4-7-11(10)15/h9-11,15H,2-8,13H2,1H3,(H,14,16)/t9?,10-,11-/m1/s1. The molecule has 4 heteroatoms. The highest BCUT2D eigenvalue weighted by atomic mass is 16.3. The van der Waals surface area contributed by atoms with Gasteiger partial charge in [-0.25, -0.2) is 0 Å². The summed E-state index contributed by atoms with van der Waals surface area (Å²) in [6, 6.07) is -0.110. The summed E-state index contributed by atoms with van der Waals surface area (Å²) in [7, 11) is 0. The number of nitrogens with two attached hydrogens (primary N) is 1. The van der Waals surface area contributed by atoms with Gasteiger partial charge in [0.15, 0.2) is 0 Å². The van der Waals surface area contributed by atoms with Crippen molar-refractivity contribution >= 4 is 5.91 Å². The fourth-order valence-electron chi connectivity index (χ4n) is 2.26. The first kappa shape index (κ1) is 13.5. The first-order valence-electron chi connectivity index (χ1n) is 6.36. The third kappa shape index (κ3) is 4.49. The Morgan fingerprint density at radius 3 is 2.81 bits per heavy atom. The molecule has 1 aliphatic carbocycles. The van der Waals surface area contributed by atoms with Gasteiger partial charge in [-0.15, -0.1) is 0 Å². The van der Waals surface area contributed by atoms with E-state index in [1.807, 2.05) is 0 Å². The maximum Gasteiger partial charge on any atom is 0.221 e. The molecule has 16 heavy (non-hydrogen) atoms. The van der Waals surface area contributed by atoms with Crippen molar-refractivity contribution in [2.45, 2.75) is 70.1 Å². The van der Waals surface area contributed by atoms with Gasteiger partial charge in [-0.05, 0) is 19.3 Å². The fourth-order valence-corrected chi connectivity index (χ4v) is 2.26. The van der Waals surface area contributed by atoms with Gasteiger partial charge in [0.1, 0.15) is 0 Å². The summed E-state index contributed by atoms with van der Waals surface area (Å²) in [5.41, 5.74) is 5.80. The van der Waals surface area contributed by atoms with Crippen molar-refractivity contribution in [3.63, 3.8) is 0 Å². The van der Waals surface area contributed by atoms with Gasteiger partial charge in [-0.1, -0.05) is 26.2 Å². The van der Waals surface area contributed by atoms with E-state index in [1.165, 1.54) is 0 Å². The summed E-state index contributed by atoms with van der Waals surface area (Å²) in [6.45, 7) is 2.06. The molecule has 94 valence electrons. The summed E-state index contributed by atoms with van der Waals surface area (Å²) in [5.74, 6) is -0.0214. The average molecular weight is 228 g/mol. The minimum Gasteiger partial charge on any atom is -0.391 e. The Balaban J connectivity index is 2.27.